The minimum absolute atomic E-state index is 0.357. The summed E-state index contributed by atoms with van der Waals surface area (Å²) in [7, 11) is 0. The van der Waals surface area contributed by atoms with Crippen LogP contribution in [0.25, 0.3) is 0 Å². The van der Waals surface area contributed by atoms with Gasteiger partial charge in [-0.15, -0.1) is 0 Å². The van der Waals surface area contributed by atoms with Gasteiger partial charge in [-0.05, 0) is 50.2 Å². The Morgan fingerprint density at radius 1 is 1.33 bits per heavy atom. The molecule has 21 heavy (non-hydrogen) atoms. The summed E-state index contributed by atoms with van der Waals surface area (Å²) in [6.07, 6.45) is 0.751. The lowest BCUT2D eigenvalue weighted by atomic mass is 10.3. The van der Waals surface area contributed by atoms with E-state index in [0.29, 0.717) is 16.5 Å². The van der Waals surface area contributed by atoms with Crippen LogP contribution in [0.4, 0.5) is 0 Å². The SMILES string of the molecule is Cc1ccc(/C=N\NC(=O)[C@H](C)Oc2ccc(Cl)cc2)o1. The lowest BCUT2D eigenvalue weighted by Crippen LogP contribution is -2.33. The average Bonchev–Trinajstić information content (AvgIpc) is 2.87. The molecule has 0 saturated carbocycles. The topological polar surface area (TPSA) is 63.8 Å². The van der Waals surface area contributed by atoms with Gasteiger partial charge in [0, 0.05) is 5.02 Å². The molecule has 0 fully saturated rings. The van der Waals surface area contributed by atoms with E-state index in [1.165, 1.54) is 6.21 Å². The van der Waals surface area contributed by atoms with E-state index in [2.05, 4.69) is 10.5 Å². The van der Waals surface area contributed by atoms with Crippen LogP contribution in [-0.4, -0.2) is 18.2 Å². The van der Waals surface area contributed by atoms with Crippen molar-refractivity contribution >= 4 is 23.7 Å². The number of hydrogen-bond donors (Lipinski definition) is 1. The predicted molar refractivity (Wildman–Crippen MR) is 80.7 cm³/mol. The van der Waals surface area contributed by atoms with Crippen molar-refractivity contribution in [1.82, 2.24) is 5.43 Å². The fourth-order valence-corrected chi connectivity index (χ4v) is 1.67. The van der Waals surface area contributed by atoms with Gasteiger partial charge < -0.3 is 9.15 Å². The molecule has 6 heteroatoms. The standard InChI is InChI=1S/C15H15ClN2O3/c1-10-3-6-14(20-10)9-17-18-15(19)11(2)21-13-7-4-12(16)5-8-13/h3-9,11H,1-2H3,(H,18,19)/b17-9-/t11-/m0/s1. The van der Waals surface area contributed by atoms with E-state index in [-0.39, 0.29) is 5.91 Å². The normalized spacial score (nSPS) is 12.3. The summed E-state index contributed by atoms with van der Waals surface area (Å²) in [6.45, 7) is 3.47. The van der Waals surface area contributed by atoms with Crippen LogP contribution >= 0.6 is 11.6 Å². The monoisotopic (exact) mass is 306 g/mol. The minimum atomic E-state index is -0.679. The third-order valence-electron chi connectivity index (χ3n) is 2.62. The van der Waals surface area contributed by atoms with Gasteiger partial charge in [0.1, 0.15) is 17.3 Å². The Hall–Kier alpha value is -2.27. The van der Waals surface area contributed by atoms with E-state index in [4.69, 9.17) is 20.8 Å². The summed E-state index contributed by atoms with van der Waals surface area (Å²) in [4.78, 5) is 11.8. The molecule has 1 heterocycles. The third kappa shape index (κ3) is 4.65. The Labute approximate surface area is 127 Å². The van der Waals surface area contributed by atoms with Crippen molar-refractivity contribution in [3.05, 3.63) is 52.9 Å². The molecule has 1 aromatic heterocycles. The molecule has 2 rings (SSSR count). The molecule has 0 unspecified atom stereocenters. The molecule has 0 radical (unpaired) electrons. The molecule has 1 N–H and O–H groups in total. The van der Waals surface area contributed by atoms with Gasteiger partial charge in [-0.25, -0.2) is 5.43 Å². The second kappa shape index (κ2) is 6.95. The number of ether oxygens (including phenoxy) is 1. The highest BCUT2D eigenvalue weighted by atomic mass is 35.5. The van der Waals surface area contributed by atoms with E-state index in [1.807, 2.05) is 13.0 Å². The molecule has 1 amide bonds. The van der Waals surface area contributed by atoms with Gasteiger partial charge >= 0.3 is 0 Å². The summed E-state index contributed by atoms with van der Waals surface area (Å²) in [6, 6.07) is 10.4. The molecule has 0 aliphatic carbocycles. The predicted octanol–water partition coefficient (Wildman–Crippen LogP) is 3.16. The van der Waals surface area contributed by atoms with Gasteiger partial charge in [-0.1, -0.05) is 11.6 Å². The molecule has 110 valence electrons. The highest BCUT2D eigenvalue weighted by molar-refractivity contribution is 6.30. The molecule has 0 aliphatic rings. The Kier molecular flexibility index (Phi) is 5.00. The fraction of sp³-hybridized carbons (Fsp3) is 0.200. The minimum Gasteiger partial charge on any atom is -0.481 e. The summed E-state index contributed by atoms with van der Waals surface area (Å²) < 4.78 is 10.8. The van der Waals surface area contributed by atoms with Crippen LogP contribution < -0.4 is 10.2 Å². The maximum Gasteiger partial charge on any atom is 0.280 e. The highest BCUT2D eigenvalue weighted by Gasteiger charge is 2.13. The van der Waals surface area contributed by atoms with Crippen molar-refractivity contribution in [2.24, 2.45) is 5.10 Å². The van der Waals surface area contributed by atoms with E-state index < -0.39 is 6.10 Å². The first-order valence-corrected chi connectivity index (χ1v) is 6.74. The fourth-order valence-electron chi connectivity index (χ4n) is 1.54. The number of hydrogen-bond acceptors (Lipinski definition) is 4. The number of carbonyl (C=O) groups is 1. The Bertz CT molecular complexity index is 635. The van der Waals surface area contributed by atoms with Gasteiger partial charge in [0.15, 0.2) is 6.10 Å². The van der Waals surface area contributed by atoms with Crippen molar-refractivity contribution < 1.29 is 13.9 Å². The lowest BCUT2D eigenvalue weighted by molar-refractivity contribution is -0.127. The molecule has 0 spiro atoms. The first kappa shape index (κ1) is 15.1. The number of aryl methyl sites for hydroxylation is 1. The Morgan fingerprint density at radius 3 is 2.67 bits per heavy atom. The summed E-state index contributed by atoms with van der Waals surface area (Å²) in [5.41, 5.74) is 2.39. The zero-order chi connectivity index (χ0) is 15.2. The van der Waals surface area contributed by atoms with Crippen LogP contribution in [-0.2, 0) is 4.79 Å². The van der Waals surface area contributed by atoms with Crippen molar-refractivity contribution in [3.8, 4) is 5.75 Å². The van der Waals surface area contributed by atoms with Gasteiger partial charge in [-0.2, -0.15) is 5.10 Å². The quantitative estimate of drug-likeness (QED) is 0.681. The van der Waals surface area contributed by atoms with E-state index in [9.17, 15) is 4.79 Å². The first-order chi connectivity index (χ1) is 10.0. The molecular formula is C15H15ClN2O3. The van der Waals surface area contributed by atoms with E-state index in [0.717, 1.165) is 5.76 Å². The average molecular weight is 307 g/mol. The summed E-state index contributed by atoms with van der Waals surface area (Å²) in [5.74, 6) is 1.55. The number of halogens is 1. The van der Waals surface area contributed by atoms with Crippen molar-refractivity contribution in [2.75, 3.05) is 0 Å². The van der Waals surface area contributed by atoms with Crippen LogP contribution in [0.2, 0.25) is 5.02 Å². The van der Waals surface area contributed by atoms with Gasteiger partial charge in [0.25, 0.3) is 5.91 Å². The van der Waals surface area contributed by atoms with E-state index >= 15 is 0 Å². The zero-order valence-corrected chi connectivity index (χ0v) is 12.4. The number of rotatable bonds is 5. The molecule has 0 aliphatic heterocycles. The Morgan fingerprint density at radius 2 is 2.05 bits per heavy atom. The molecule has 0 saturated heterocycles. The summed E-state index contributed by atoms with van der Waals surface area (Å²) in [5, 5.41) is 4.42. The molecule has 1 atom stereocenters. The second-order valence-electron chi connectivity index (χ2n) is 4.40. The number of carbonyl (C=O) groups excluding carboxylic acids is 1. The maximum atomic E-state index is 11.8. The van der Waals surface area contributed by atoms with Crippen LogP contribution in [0.1, 0.15) is 18.4 Å². The Balaban J connectivity index is 1.85. The molecule has 2 aromatic rings. The first-order valence-electron chi connectivity index (χ1n) is 6.36. The maximum absolute atomic E-state index is 11.8. The summed E-state index contributed by atoms with van der Waals surface area (Å²) >= 11 is 5.78. The molecule has 5 nitrogen and oxygen atoms in total. The van der Waals surface area contributed by atoms with Crippen molar-refractivity contribution in [2.45, 2.75) is 20.0 Å². The van der Waals surface area contributed by atoms with Crippen LogP contribution in [0.5, 0.6) is 5.75 Å². The van der Waals surface area contributed by atoms with Crippen molar-refractivity contribution in [1.29, 1.82) is 0 Å². The lowest BCUT2D eigenvalue weighted by Gasteiger charge is -2.12. The molecule has 1 aromatic carbocycles. The van der Waals surface area contributed by atoms with Crippen LogP contribution in [0, 0.1) is 6.92 Å². The van der Waals surface area contributed by atoms with Gasteiger partial charge in [0.05, 0.1) is 6.21 Å². The van der Waals surface area contributed by atoms with E-state index in [1.54, 1.807) is 37.3 Å². The molecule has 0 bridgehead atoms. The number of benzene rings is 1. The molecular weight excluding hydrogens is 292 g/mol. The number of nitrogens with one attached hydrogen (secondary N) is 1. The zero-order valence-electron chi connectivity index (χ0n) is 11.7. The third-order valence-corrected chi connectivity index (χ3v) is 2.88. The van der Waals surface area contributed by atoms with Crippen molar-refractivity contribution in [3.63, 3.8) is 0 Å². The van der Waals surface area contributed by atoms with Crippen LogP contribution in [0.3, 0.4) is 0 Å². The van der Waals surface area contributed by atoms with Gasteiger partial charge in [-0.3, -0.25) is 4.79 Å². The second-order valence-corrected chi connectivity index (χ2v) is 4.83. The highest BCUT2D eigenvalue weighted by Crippen LogP contribution is 2.16. The smallest absolute Gasteiger partial charge is 0.280 e. The largest absolute Gasteiger partial charge is 0.481 e. The van der Waals surface area contributed by atoms with Gasteiger partial charge in [0.2, 0.25) is 0 Å². The number of nitrogens with zero attached hydrogens (tertiary/aromatic N) is 1. The number of amides is 1. The van der Waals surface area contributed by atoms with Crippen LogP contribution in [0.15, 0.2) is 45.9 Å². The number of hydrazone groups is 1. The number of furan rings is 1.